The lowest BCUT2D eigenvalue weighted by atomic mass is 10.1. The van der Waals surface area contributed by atoms with E-state index in [1.807, 2.05) is 18.2 Å². The van der Waals surface area contributed by atoms with Crippen LogP contribution < -0.4 is 9.64 Å². The summed E-state index contributed by atoms with van der Waals surface area (Å²) in [5.74, 6) is 2.02. The van der Waals surface area contributed by atoms with Gasteiger partial charge < -0.3 is 9.64 Å². The van der Waals surface area contributed by atoms with Crippen molar-refractivity contribution >= 4 is 23.1 Å². The van der Waals surface area contributed by atoms with Gasteiger partial charge in [-0.15, -0.1) is 0 Å². The molecule has 1 aliphatic rings. The van der Waals surface area contributed by atoms with Crippen LogP contribution in [0.5, 0.6) is 5.75 Å². The SMILES string of the molecule is CC(C)c1c(Cl)ncnc1N1CCCOc2ccccc21. The standard InChI is InChI=1S/C16H18ClN3O/c1-11(2)14-15(17)18-10-19-16(14)20-8-5-9-21-13-7-4-3-6-12(13)20/h3-4,6-7,10-11H,5,8-9H2,1-2H3. The van der Waals surface area contributed by atoms with Crippen LogP contribution in [0.25, 0.3) is 0 Å². The number of hydrogen-bond acceptors (Lipinski definition) is 4. The van der Waals surface area contributed by atoms with Crippen molar-refractivity contribution in [1.82, 2.24) is 9.97 Å². The van der Waals surface area contributed by atoms with Gasteiger partial charge in [0, 0.05) is 12.1 Å². The van der Waals surface area contributed by atoms with Crippen LogP contribution in [0.1, 0.15) is 31.7 Å². The number of para-hydroxylation sites is 2. The number of rotatable bonds is 2. The molecule has 2 aromatic rings. The third kappa shape index (κ3) is 2.68. The van der Waals surface area contributed by atoms with Gasteiger partial charge in [-0.3, -0.25) is 0 Å². The molecule has 4 nitrogen and oxygen atoms in total. The van der Waals surface area contributed by atoms with Gasteiger partial charge in [0.15, 0.2) is 0 Å². The van der Waals surface area contributed by atoms with Gasteiger partial charge in [-0.25, -0.2) is 9.97 Å². The first-order chi connectivity index (χ1) is 10.2. The zero-order chi connectivity index (χ0) is 14.8. The highest BCUT2D eigenvalue weighted by Gasteiger charge is 2.23. The third-order valence-electron chi connectivity index (χ3n) is 3.59. The highest BCUT2D eigenvalue weighted by molar-refractivity contribution is 6.30. The van der Waals surface area contributed by atoms with Crippen molar-refractivity contribution in [2.45, 2.75) is 26.2 Å². The van der Waals surface area contributed by atoms with Gasteiger partial charge in [0.1, 0.15) is 23.0 Å². The van der Waals surface area contributed by atoms with Gasteiger partial charge in [-0.05, 0) is 24.5 Å². The number of benzene rings is 1. The molecule has 110 valence electrons. The second-order valence-corrected chi connectivity index (χ2v) is 5.74. The average Bonchev–Trinajstić information content (AvgIpc) is 2.68. The quantitative estimate of drug-likeness (QED) is 0.780. The largest absolute Gasteiger partial charge is 0.491 e. The molecule has 21 heavy (non-hydrogen) atoms. The maximum Gasteiger partial charge on any atom is 0.142 e. The molecule has 0 spiro atoms. The predicted molar refractivity (Wildman–Crippen MR) is 84.7 cm³/mol. The zero-order valence-electron chi connectivity index (χ0n) is 12.2. The van der Waals surface area contributed by atoms with E-state index in [0.29, 0.717) is 11.8 Å². The Hall–Kier alpha value is -1.81. The molecule has 0 bridgehead atoms. The highest BCUT2D eigenvalue weighted by atomic mass is 35.5. The van der Waals surface area contributed by atoms with E-state index >= 15 is 0 Å². The summed E-state index contributed by atoms with van der Waals surface area (Å²) in [7, 11) is 0. The van der Waals surface area contributed by atoms with Gasteiger partial charge in [0.25, 0.3) is 0 Å². The van der Waals surface area contributed by atoms with Crippen molar-refractivity contribution in [2.24, 2.45) is 0 Å². The van der Waals surface area contributed by atoms with Gasteiger partial charge in [0.2, 0.25) is 0 Å². The van der Waals surface area contributed by atoms with Gasteiger partial charge >= 0.3 is 0 Å². The molecule has 0 unspecified atom stereocenters. The molecule has 3 rings (SSSR count). The Morgan fingerprint density at radius 3 is 2.86 bits per heavy atom. The summed E-state index contributed by atoms with van der Waals surface area (Å²) in [5.41, 5.74) is 2.02. The number of anilines is 2. The molecule has 0 amide bonds. The molecule has 0 atom stereocenters. The number of hydrogen-bond donors (Lipinski definition) is 0. The van der Waals surface area contributed by atoms with Crippen molar-refractivity contribution in [3.63, 3.8) is 0 Å². The molecular weight excluding hydrogens is 286 g/mol. The van der Waals surface area contributed by atoms with E-state index in [-0.39, 0.29) is 5.92 Å². The van der Waals surface area contributed by atoms with Gasteiger partial charge in [-0.1, -0.05) is 37.6 Å². The van der Waals surface area contributed by atoms with Crippen molar-refractivity contribution < 1.29 is 4.74 Å². The first-order valence-corrected chi connectivity index (χ1v) is 7.56. The Kier molecular flexibility index (Phi) is 3.97. The van der Waals surface area contributed by atoms with Gasteiger partial charge in [0.05, 0.1) is 12.3 Å². The maximum atomic E-state index is 6.30. The molecule has 0 fully saturated rings. The number of fused-ring (bicyclic) bond motifs is 1. The minimum atomic E-state index is 0.255. The monoisotopic (exact) mass is 303 g/mol. The van der Waals surface area contributed by atoms with Crippen molar-refractivity contribution in [1.29, 1.82) is 0 Å². The molecule has 1 aromatic heterocycles. The Morgan fingerprint density at radius 2 is 2.05 bits per heavy atom. The highest BCUT2D eigenvalue weighted by Crippen LogP contribution is 2.39. The minimum Gasteiger partial charge on any atom is -0.491 e. The summed E-state index contributed by atoms with van der Waals surface area (Å²) < 4.78 is 5.81. The lowest BCUT2D eigenvalue weighted by Gasteiger charge is -2.26. The molecule has 2 heterocycles. The van der Waals surface area contributed by atoms with Crippen LogP contribution in [0.2, 0.25) is 5.15 Å². The Bertz CT molecular complexity index is 645. The number of halogens is 1. The van der Waals surface area contributed by atoms with E-state index in [1.54, 1.807) is 0 Å². The molecule has 0 N–H and O–H groups in total. The zero-order valence-corrected chi connectivity index (χ0v) is 13.0. The maximum absolute atomic E-state index is 6.30. The first-order valence-electron chi connectivity index (χ1n) is 7.18. The van der Waals surface area contributed by atoms with Crippen LogP contribution in [-0.2, 0) is 0 Å². The van der Waals surface area contributed by atoms with E-state index < -0.39 is 0 Å². The van der Waals surface area contributed by atoms with Crippen LogP contribution in [0.4, 0.5) is 11.5 Å². The van der Waals surface area contributed by atoms with E-state index in [4.69, 9.17) is 16.3 Å². The second-order valence-electron chi connectivity index (χ2n) is 5.38. The van der Waals surface area contributed by atoms with E-state index in [0.717, 1.165) is 35.8 Å². The molecule has 0 saturated heterocycles. The van der Waals surface area contributed by atoms with Crippen LogP contribution in [-0.4, -0.2) is 23.1 Å². The second kappa shape index (κ2) is 5.90. The summed E-state index contributed by atoms with van der Waals surface area (Å²) in [5, 5.41) is 0.526. The topological polar surface area (TPSA) is 38.2 Å². The van der Waals surface area contributed by atoms with E-state index in [1.165, 1.54) is 6.33 Å². The number of nitrogens with zero attached hydrogens (tertiary/aromatic N) is 3. The summed E-state index contributed by atoms with van der Waals surface area (Å²) in [6.07, 6.45) is 2.46. The Balaban J connectivity index is 2.15. The predicted octanol–water partition coefficient (Wildman–Crippen LogP) is 4.17. The molecular formula is C16H18ClN3O. The fraction of sp³-hybridized carbons (Fsp3) is 0.375. The number of aromatic nitrogens is 2. The molecule has 1 aliphatic heterocycles. The van der Waals surface area contributed by atoms with Crippen LogP contribution >= 0.6 is 11.6 Å². The summed E-state index contributed by atoms with van der Waals surface area (Å²) >= 11 is 6.30. The lowest BCUT2D eigenvalue weighted by molar-refractivity contribution is 0.322. The molecule has 5 heteroatoms. The molecule has 0 aliphatic carbocycles. The van der Waals surface area contributed by atoms with Crippen molar-refractivity contribution in [3.05, 3.63) is 41.3 Å². The van der Waals surface area contributed by atoms with Crippen LogP contribution in [0, 0.1) is 0 Å². The Morgan fingerprint density at radius 1 is 1.24 bits per heavy atom. The average molecular weight is 304 g/mol. The van der Waals surface area contributed by atoms with E-state index in [2.05, 4.69) is 34.8 Å². The van der Waals surface area contributed by atoms with Crippen LogP contribution in [0.15, 0.2) is 30.6 Å². The fourth-order valence-corrected chi connectivity index (χ4v) is 2.97. The first kappa shape index (κ1) is 14.1. The van der Waals surface area contributed by atoms with Gasteiger partial charge in [-0.2, -0.15) is 0 Å². The lowest BCUT2D eigenvalue weighted by Crippen LogP contribution is -2.21. The van der Waals surface area contributed by atoms with Crippen LogP contribution in [0.3, 0.4) is 0 Å². The van der Waals surface area contributed by atoms with Crippen molar-refractivity contribution in [3.8, 4) is 5.75 Å². The van der Waals surface area contributed by atoms with E-state index in [9.17, 15) is 0 Å². The fourth-order valence-electron chi connectivity index (χ4n) is 2.62. The molecule has 0 saturated carbocycles. The molecule has 0 radical (unpaired) electrons. The number of ether oxygens (including phenoxy) is 1. The summed E-state index contributed by atoms with van der Waals surface area (Å²) in [6.45, 7) is 5.77. The van der Waals surface area contributed by atoms with Crippen molar-refractivity contribution in [2.75, 3.05) is 18.1 Å². The summed E-state index contributed by atoms with van der Waals surface area (Å²) in [4.78, 5) is 10.8. The summed E-state index contributed by atoms with van der Waals surface area (Å²) in [6, 6.07) is 8.04. The Labute approximate surface area is 129 Å². The minimum absolute atomic E-state index is 0.255. The molecule has 1 aromatic carbocycles. The normalized spacial score (nSPS) is 14.6. The third-order valence-corrected chi connectivity index (χ3v) is 3.89. The smallest absolute Gasteiger partial charge is 0.142 e.